The molecule has 1 aliphatic heterocycles. The van der Waals surface area contributed by atoms with E-state index in [0.717, 1.165) is 0 Å². The van der Waals surface area contributed by atoms with E-state index < -0.39 is 21.7 Å². The molecular formula is C17H21ClN4O4S. The minimum absolute atomic E-state index is 0.0528. The van der Waals surface area contributed by atoms with Gasteiger partial charge in [0.25, 0.3) is 10.0 Å². The molecule has 0 N–H and O–H groups in total. The number of halogens is 1. The number of fused-ring (bicyclic) bond motifs is 1. The van der Waals surface area contributed by atoms with Gasteiger partial charge in [0.15, 0.2) is 5.03 Å². The standard InChI is InChI=1S/C17H21ClN4O4S/c1-17(2,3)26-16(23)21-6-8-22(9-7-21)27(24,25)15-5-4-12-11-19-14(18)10-13(12)20-15/h4-5,10-11H,6-9H2,1-3H3. The molecule has 3 rings (SSSR count). The summed E-state index contributed by atoms with van der Waals surface area (Å²) in [6.07, 6.45) is 1.10. The van der Waals surface area contributed by atoms with Crippen LogP contribution in [0.3, 0.4) is 0 Å². The lowest BCUT2D eigenvalue weighted by Gasteiger charge is -2.34. The van der Waals surface area contributed by atoms with Crippen LogP contribution in [0.15, 0.2) is 29.4 Å². The van der Waals surface area contributed by atoms with Crippen molar-refractivity contribution in [2.45, 2.75) is 31.4 Å². The Balaban J connectivity index is 1.74. The van der Waals surface area contributed by atoms with Gasteiger partial charge in [0.05, 0.1) is 5.52 Å². The SMILES string of the molecule is CC(C)(C)OC(=O)N1CCN(S(=O)(=O)c2ccc3cnc(Cl)cc3n2)CC1. The van der Waals surface area contributed by atoms with E-state index in [1.165, 1.54) is 21.3 Å². The first kappa shape index (κ1) is 19.8. The number of pyridine rings is 2. The van der Waals surface area contributed by atoms with E-state index in [1.54, 1.807) is 33.0 Å². The number of carbonyl (C=O) groups is 1. The summed E-state index contributed by atoms with van der Waals surface area (Å²) in [5, 5.41) is 0.895. The molecule has 1 saturated heterocycles. The molecule has 27 heavy (non-hydrogen) atoms. The van der Waals surface area contributed by atoms with Crippen molar-refractivity contribution in [1.82, 2.24) is 19.2 Å². The van der Waals surface area contributed by atoms with Crippen LogP contribution in [0.2, 0.25) is 5.15 Å². The number of amides is 1. The monoisotopic (exact) mass is 412 g/mol. The fourth-order valence-electron chi connectivity index (χ4n) is 2.69. The van der Waals surface area contributed by atoms with Crippen LogP contribution in [0.25, 0.3) is 10.9 Å². The highest BCUT2D eigenvalue weighted by Gasteiger charge is 2.32. The second-order valence-electron chi connectivity index (χ2n) is 7.22. The molecule has 0 atom stereocenters. The first-order valence-electron chi connectivity index (χ1n) is 8.47. The highest BCUT2D eigenvalue weighted by Crippen LogP contribution is 2.21. The fourth-order valence-corrected chi connectivity index (χ4v) is 4.20. The van der Waals surface area contributed by atoms with Gasteiger partial charge in [-0.15, -0.1) is 0 Å². The van der Waals surface area contributed by atoms with Crippen molar-refractivity contribution in [3.8, 4) is 0 Å². The summed E-state index contributed by atoms with van der Waals surface area (Å²) in [5.74, 6) is 0. The summed E-state index contributed by atoms with van der Waals surface area (Å²) >= 11 is 5.87. The Hall–Kier alpha value is -1.97. The molecule has 0 spiro atoms. The van der Waals surface area contributed by atoms with Gasteiger partial charge in [0.2, 0.25) is 0 Å². The molecule has 1 aliphatic rings. The van der Waals surface area contributed by atoms with Crippen LogP contribution in [0, 0.1) is 0 Å². The predicted octanol–water partition coefficient (Wildman–Crippen LogP) is 2.52. The smallest absolute Gasteiger partial charge is 0.410 e. The quantitative estimate of drug-likeness (QED) is 0.703. The van der Waals surface area contributed by atoms with Crippen molar-refractivity contribution in [1.29, 1.82) is 0 Å². The Kier molecular flexibility index (Phi) is 5.29. The normalized spacial score (nSPS) is 16.5. The highest BCUT2D eigenvalue weighted by atomic mass is 35.5. The summed E-state index contributed by atoms with van der Waals surface area (Å²) in [6, 6.07) is 4.62. The molecule has 0 aliphatic carbocycles. The molecular weight excluding hydrogens is 392 g/mol. The van der Waals surface area contributed by atoms with E-state index in [9.17, 15) is 13.2 Å². The van der Waals surface area contributed by atoms with Crippen LogP contribution < -0.4 is 0 Å². The van der Waals surface area contributed by atoms with Crippen LogP contribution in [0.4, 0.5) is 4.79 Å². The third-order valence-corrected chi connectivity index (χ3v) is 6.02. The largest absolute Gasteiger partial charge is 0.444 e. The van der Waals surface area contributed by atoms with Gasteiger partial charge in [0, 0.05) is 43.8 Å². The summed E-state index contributed by atoms with van der Waals surface area (Å²) in [4.78, 5) is 21.8. The number of hydrogen-bond acceptors (Lipinski definition) is 6. The Bertz CT molecular complexity index is 967. The fraction of sp³-hybridized carbons (Fsp3) is 0.471. The van der Waals surface area contributed by atoms with Crippen molar-refractivity contribution >= 4 is 38.6 Å². The van der Waals surface area contributed by atoms with Gasteiger partial charge in [-0.3, -0.25) is 0 Å². The van der Waals surface area contributed by atoms with Crippen LogP contribution in [-0.2, 0) is 14.8 Å². The van der Waals surface area contributed by atoms with E-state index >= 15 is 0 Å². The third kappa shape index (κ3) is 4.48. The van der Waals surface area contributed by atoms with Gasteiger partial charge >= 0.3 is 6.09 Å². The maximum atomic E-state index is 12.9. The average Bonchev–Trinajstić information content (AvgIpc) is 2.59. The summed E-state index contributed by atoms with van der Waals surface area (Å²) in [6.45, 7) is 6.25. The van der Waals surface area contributed by atoms with E-state index in [4.69, 9.17) is 16.3 Å². The molecule has 146 valence electrons. The topological polar surface area (TPSA) is 92.7 Å². The molecule has 0 bridgehead atoms. The first-order chi connectivity index (χ1) is 12.6. The molecule has 0 aromatic carbocycles. The molecule has 1 fully saturated rings. The Morgan fingerprint density at radius 1 is 1.19 bits per heavy atom. The zero-order chi connectivity index (χ0) is 19.8. The van der Waals surface area contributed by atoms with E-state index in [0.29, 0.717) is 10.9 Å². The van der Waals surface area contributed by atoms with Crippen LogP contribution in [-0.4, -0.2) is 65.5 Å². The molecule has 10 heteroatoms. The Labute approximate surface area is 163 Å². The van der Waals surface area contributed by atoms with Gasteiger partial charge in [-0.2, -0.15) is 4.31 Å². The second kappa shape index (κ2) is 7.21. The summed E-state index contributed by atoms with van der Waals surface area (Å²) < 4.78 is 32.5. The minimum atomic E-state index is -3.77. The van der Waals surface area contributed by atoms with E-state index in [1.807, 2.05) is 0 Å². The second-order valence-corrected chi connectivity index (χ2v) is 9.49. The lowest BCUT2D eigenvalue weighted by atomic mass is 10.2. The molecule has 8 nitrogen and oxygen atoms in total. The van der Waals surface area contributed by atoms with Crippen molar-refractivity contribution < 1.29 is 17.9 Å². The lowest BCUT2D eigenvalue weighted by Crippen LogP contribution is -2.51. The van der Waals surface area contributed by atoms with Gasteiger partial charge in [-0.1, -0.05) is 11.6 Å². The van der Waals surface area contributed by atoms with Crippen LogP contribution in [0.5, 0.6) is 0 Å². The van der Waals surface area contributed by atoms with Crippen molar-refractivity contribution in [3.05, 3.63) is 29.5 Å². The third-order valence-electron chi connectivity index (χ3n) is 4.01. The summed E-state index contributed by atoms with van der Waals surface area (Å²) in [7, 11) is -3.77. The number of ether oxygens (including phenoxy) is 1. The molecule has 0 unspecified atom stereocenters. The zero-order valence-electron chi connectivity index (χ0n) is 15.3. The number of sulfonamides is 1. The molecule has 1 amide bonds. The van der Waals surface area contributed by atoms with Gasteiger partial charge < -0.3 is 9.64 Å². The van der Waals surface area contributed by atoms with Crippen LogP contribution >= 0.6 is 11.6 Å². The van der Waals surface area contributed by atoms with E-state index in [2.05, 4.69) is 9.97 Å². The maximum Gasteiger partial charge on any atom is 0.410 e. The molecule has 2 aromatic rings. The highest BCUT2D eigenvalue weighted by molar-refractivity contribution is 7.89. The van der Waals surface area contributed by atoms with Gasteiger partial charge in [0.1, 0.15) is 10.8 Å². The molecule has 3 heterocycles. The lowest BCUT2D eigenvalue weighted by molar-refractivity contribution is 0.0192. The number of aromatic nitrogens is 2. The number of hydrogen-bond donors (Lipinski definition) is 0. The van der Waals surface area contributed by atoms with Gasteiger partial charge in [-0.25, -0.2) is 23.2 Å². The van der Waals surface area contributed by atoms with Crippen LogP contribution in [0.1, 0.15) is 20.8 Å². The van der Waals surface area contributed by atoms with E-state index in [-0.39, 0.29) is 36.4 Å². The Morgan fingerprint density at radius 3 is 2.48 bits per heavy atom. The molecule has 2 aromatic heterocycles. The van der Waals surface area contributed by atoms with Gasteiger partial charge in [-0.05, 0) is 32.9 Å². The predicted molar refractivity (Wildman–Crippen MR) is 101 cm³/mol. The minimum Gasteiger partial charge on any atom is -0.444 e. The first-order valence-corrected chi connectivity index (χ1v) is 10.3. The van der Waals surface area contributed by atoms with Crippen molar-refractivity contribution in [3.63, 3.8) is 0 Å². The molecule has 0 radical (unpaired) electrons. The zero-order valence-corrected chi connectivity index (χ0v) is 16.9. The number of piperazine rings is 1. The number of rotatable bonds is 2. The van der Waals surface area contributed by atoms with Crippen molar-refractivity contribution in [2.75, 3.05) is 26.2 Å². The summed E-state index contributed by atoms with van der Waals surface area (Å²) in [5.41, 5.74) is -0.130. The number of nitrogens with zero attached hydrogens (tertiary/aromatic N) is 4. The van der Waals surface area contributed by atoms with Crippen molar-refractivity contribution in [2.24, 2.45) is 0 Å². The average molecular weight is 413 g/mol. The Morgan fingerprint density at radius 2 is 1.85 bits per heavy atom. The molecule has 0 saturated carbocycles. The number of carbonyl (C=O) groups excluding carboxylic acids is 1. The maximum absolute atomic E-state index is 12.9.